The lowest BCUT2D eigenvalue weighted by molar-refractivity contribution is -0.388. The smallest absolute Gasteiger partial charge is 0.322 e. The zero-order chi connectivity index (χ0) is 17.4. The largest absolute Gasteiger partial charge is 0.475 e. The first-order chi connectivity index (χ1) is 11.4. The van der Waals surface area contributed by atoms with Crippen LogP contribution in [-0.4, -0.2) is 16.9 Å². The second-order valence-electron chi connectivity index (χ2n) is 5.30. The number of carbonyl (C=O) groups is 1. The number of nitrogens with zero attached hydrogens (tertiary/aromatic N) is 2. The number of rotatable bonds is 3. The minimum absolute atomic E-state index is 0.0484. The van der Waals surface area contributed by atoms with Gasteiger partial charge in [-0.25, -0.2) is 0 Å². The zero-order valence-electron chi connectivity index (χ0n) is 12.5. The fourth-order valence-electron chi connectivity index (χ4n) is 2.55. The Labute approximate surface area is 145 Å². The molecule has 124 valence electrons. The highest BCUT2D eigenvalue weighted by Crippen LogP contribution is 2.44. The number of carbonyl (C=O) groups excluding carboxylic acids is 1. The molecular formula is C16H12BrFN2O4. The third-order valence-electron chi connectivity index (χ3n) is 3.69. The van der Waals surface area contributed by atoms with Crippen molar-refractivity contribution in [3.05, 3.63) is 62.4 Å². The fourth-order valence-corrected chi connectivity index (χ4v) is 3.09. The van der Waals surface area contributed by atoms with Crippen LogP contribution in [-0.2, 0) is 11.3 Å². The van der Waals surface area contributed by atoms with Crippen molar-refractivity contribution in [3.63, 3.8) is 0 Å². The predicted molar refractivity (Wildman–Crippen MR) is 88.5 cm³/mol. The van der Waals surface area contributed by atoms with Crippen molar-refractivity contribution in [3.8, 4) is 5.75 Å². The lowest BCUT2D eigenvalue weighted by Crippen LogP contribution is -2.44. The number of benzene rings is 2. The van der Waals surface area contributed by atoms with Gasteiger partial charge in [0.05, 0.1) is 17.2 Å². The molecule has 6 nitrogen and oxygen atoms in total. The Kier molecular flexibility index (Phi) is 4.23. The number of halogens is 2. The van der Waals surface area contributed by atoms with E-state index in [0.717, 1.165) is 5.56 Å². The van der Waals surface area contributed by atoms with Crippen LogP contribution in [0, 0.1) is 15.9 Å². The molecule has 0 fully saturated rings. The Morgan fingerprint density at radius 3 is 2.67 bits per heavy atom. The maximum absolute atomic E-state index is 14.5. The monoisotopic (exact) mass is 394 g/mol. The molecule has 0 unspecified atom stereocenters. The highest BCUT2D eigenvalue weighted by molar-refractivity contribution is 9.10. The van der Waals surface area contributed by atoms with Crippen LogP contribution in [0.5, 0.6) is 5.75 Å². The Balaban J connectivity index is 2.13. The van der Waals surface area contributed by atoms with Crippen LogP contribution in [0.25, 0.3) is 0 Å². The average molecular weight is 395 g/mol. The lowest BCUT2D eigenvalue weighted by atomic mass is 10.1. The summed E-state index contributed by atoms with van der Waals surface area (Å²) in [6.45, 7) is 1.70. The van der Waals surface area contributed by atoms with Crippen LogP contribution in [0.4, 0.5) is 15.8 Å². The second-order valence-corrected chi connectivity index (χ2v) is 6.15. The first-order valence-electron chi connectivity index (χ1n) is 7.08. The molecule has 0 aliphatic carbocycles. The van der Waals surface area contributed by atoms with Gasteiger partial charge >= 0.3 is 5.69 Å². The second kappa shape index (κ2) is 6.20. The molecule has 2 aromatic carbocycles. The van der Waals surface area contributed by atoms with Gasteiger partial charge in [-0.1, -0.05) is 30.3 Å². The minimum Gasteiger partial charge on any atom is -0.475 e. The number of ether oxygens (including phenoxy) is 1. The van der Waals surface area contributed by atoms with Gasteiger partial charge in [0, 0.05) is 0 Å². The van der Waals surface area contributed by atoms with Crippen molar-refractivity contribution in [2.45, 2.75) is 19.6 Å². The standard InChI is InChI=1S/C16H12BrFN2O4/c1-9-16(21)19(8-10-5-3-2-4-6-10)12-7-11(17)14(20(22)23)13(18)15(12)24-9/h2-7,9H,8H2,1H3/t9-/m1/s1. The molecule has 8 heteroatoms. The summed E-state index contributed by atoms with van der Waals surface area (Å²) in [6.07, 6.45) is -0.934. The molecule has 0 N–H and O–H groups in total. The van der Waals surface area contributed by atoms with Crippen LogP contribution in [0.15, 0.2) is 40.9 Å². The van der Waals surface area contributed by atoms with E-state index >= 15 is 0 Å². The number of anilines is 1. The lowest BCUT2D eigenvalue weighted by Gasteiger charge is -2.33. The molecule has 1 amide bonds. The number of hydrogen-bond acceptors (Lipinski definition) is 4. The summed E-state index contributed by atoms with van der Waals surface area (Å²) in [7, 11) is 0. The van der Waals surface area contributed by atoms with Gasteiger partial charge < -0.3 is 9.64 Å². The van der Waals surface area contributed by atoms with Gasteiger partial charge in [-0.3, -0.25) is 14.9 Å². The van der Waals surface area contributed by atoms with E-state index in [1.165, 1.54) is 17.9 Å². The first kappa shape index (κ1) is 16.4. The van der Waals surface area contributed by atoms with Gasteiger partial charge in [-0.15, -0.1) is 0 Å². The topological polar surface area (TPSA) is 72.7 Å². The number of hydrogen-bond donors (Lipinski definition) is 0. The van der Waals surface area contributed by atoms with E-state index in [1.807, 2.05) is 30.3 Å². The van der Waals surface area contributed by atoms with E-state index in [9.17, 15) is 19.3 Å². The van der Waals surface area contributed by atoms with Crippen LogP contribution >= 0.6 is 15.9 Å². The van der Waals surface area contributed by atoms with Crippen molar-refractivity contribution in [2.75, 3.05) is 4.90 Å². The molecule has 1 atom stereocenters. The Bertz CT molecular complexity index is 829. The van der Waals surface area contributed by atoms with Crippen LogP contribution in [0.1, 0.15) is 12.5 Å². The molecule has 1 heterocycles. The third-order valence-corrected chi connectivity index (χ3v) is 4.30. The van der Waals surface area contributed by atoms with Gasteiger partial charge in [0.15, 0.2) is 11.9 Å². The van der Waals surface area contributed by atoms with Gasteiger partial charge in [-0.2, -0.15) is 4.39 Å². The molecule has 3 rings (SSSR count). The Morgan fingerprint density at radius 1 is 1.38 bits per heavy atom. The maximum Gasteiger partial charge on any atom is 0.322 e. The van der Waals surface area contributed by atoms with Crippen LogP contribution < -0.4 is 9.64 Å². The SMILES string of the molecule is C[C@H]1Oc2c(cc(Br)c([N+](=O)[O-])c2F)N(Cc2ccccc2)C1=O. The molecule has 24 heavy (non-hydrogen) atoms. The molecule has 0 saturated carbocycles. The molecular weight excluding hydrogens is 383 g/mol. The summed E-state index contributed by atoms with van der Waals surface area (Å²) in [5.74, 6) is -1.72. The normalized spacial score (nSPS) is 16.5. The molecule has 0 bridgehead atoms. The maximum atomic E-state index is 14.5. The molecule has 1 aliphatic heterocycles. The number of nitro groups is 1. The van der Waals surface area contributed by atoms with Gasteiger partial charge in [-0.05, 0) is 34.5 Å². The van der Waals surface area contributed by atoms with Gasteiger partial charge in [0.2, 0.25) is 5.82 Å². The van der Waals surface area contributed by atoms with Gasteiger partial charge in [0.25, 0.3) is 5.91 Å². The van der Waals surface area contributed by atoms with Crippen molar-refractivity contribution in [2.24, 2.45) is 0 Å². The van der Waals surface area contributed by atoms with E-state index in [0.29, 0.717) is 0 Å². The van der Waals surface area contributed by atoms with E-state index in [4.69, 9.17) is 4.74 Å². The van der Waals surface area contributed by atoms with E-state index in [-0.39, 0.29) is 28.4 Å². The number of amides is 1. The van der Waals surface area contributed by atoms with E-state index in [2.05, 4.69) is 15.9 Å². The van der Waals surface area contributed by atoms with E-state index in [1.54, 1.807) is 0 Å². The Hall–Kier alpha value is -2.48. The predicted octanol–water partition coefficient (Wildman–Crippen LogP) is 3.81. The average Bonchev–Trinajstić information content (AvgIpc) is 2.54. The fraction of sp³-hybridized carbons (Fsp3) is 0.188. The van der Waals surface area contributed by atoms with Crippen molar-refractivity contribution >= 4 is 33.2 Å². The van der Waals surface area contributed by atoms with Crippen LogP contribution in [0.2, 0.25) is 0 Å². The first-order valence-corrected chi connectivity index (χ1v) is 7.87. The minimum atomic E-state index is -1.10. The molecule has 0 radical (unpaired) electrons. The molecule has 0 spiro atoms. The summed E-state index contributed by atoms with van der Waals surface area (Å²) in [5, 5.41) is 11.0. The van der Waals surface area contributed by atoms with Crippen LogP contribution in [0.3, 0.4) is 0 Å². The molecule has 0 saturated heterocycles. The number of nitro benzene ring substituents is 1. The zero-order valence-corrected chi connectivity index (χ0v) is 14.1. The van der Waals surface area contributed by atoms with Gasteiger partial charge in [0.1, 0.15) is 4.47 Å². The quantitative estimate of drug-likeness (QED) is 0.585. The summed E-state index contributed by atoms with van der Waals surface area (Å²) in [6, 6.07) is 10.5. The summed E-state index contributed by atoms with van der Waals surface area (Å²) in [4.78, 5) is 24.1. The van der Waals surface area contributed by atoms with Crippen molar-refractivity contribution in [1.29, 1.82) is 0 Å². The molecule has 0 aromatic heterocycles. The third kappa shape index (κ3) is 2.73. The highest BCUT2D eigenvalue weighted by Gasteiger charge is 2.38. The summed E-state index contributed by atoms with van der Waals surface area (Å²) >= 11 is 3.00. The highest BCUT2D eigenvalue weighted by atomic mass is 79.9. The summed E-state index contributed by atoms with van der Waals surface area (Å²) in [5.41, 5.74) is 0.299. The number of fused-ring (bicyclic) bond motifs is 1. The Morgan fingerprint density at radius 2 is 2.04 bits per heavy atom. The van der Waals surface area contributed by atoms with Crippen molar-refractivity contribution in [1.82, 2.24) is 0 Å². The molecule has 2 aromatic rings. The van der Waals surface area contributed by atoms with E-state index < -0.39 is 22.5 Å². The molecule has 1 aliphatic rings. The van der Waals surface area contributed by atoms with Crippen molar-refractivity contribution < 1.29 is 18.8 Å². The summed E-state index contributed by atoms with van der Waals surface area (Å²) < 4.78 is 19.8.